The van der Waals surface area contributed by atoms with Crippen LogP contribution in [0.15, 0.2) is 11.6 Å². The molecule has 1 amide bonds. The van der Waals surface area contributed by atoms with Gasteiger partial charge in [0.25, 0.3) is 0 Å². The van der Waals surface area contributed by atoms with Crippen molar-refractivity contribution in [2.75, 3.05) is 25.0 Å². The first kappa shape index (κ1) is 12.5. The number of thiazole rings is 1. The second-order valence-corrected chi connectivity index (χ2v) is 5.10. The Morgan fingerprint density at radius 1 is 1.59 bits per heavy atom. The SMILES string of the molecule is O=C(CCN1CCC(O)CC1)Nc1nccs1. The number of piperidine rings is 1. The highest BCUT2D eigenvalue weighted by atomic mass is 32.1. The second-order valence-electron chi connectivity index (χ2n) is 4.21. The molecule has 1 aliphatic rings. The van der Waals surface area contributed by atoms with Crippen molar-refractivity contribution in [2.24, 2.45) is 0 Å². The first-order valence-corrected chi connectivity index (χ1v) is 6.72. The Balaban J connectivity index is 1.66. The largest absolute Gasteiger partial charge is 0.393 e. The van der Waals surface area contributed by atoms with E-state index in [0.29, 0.717) is 11.6 Å². The maximum Gasteiger partial charge on any atom is 0.227 e. The first-order valence-electron chi connectivity index (χ1n) is 5.84. The standard InChI is InChI=1S/C11H17N3O2S/c15-9-1-5-14(6-2-9)7-3-10(16)13-11-12-4-8-17-11/h4,8-9,15H,1-3,5-7H2,(H,12,13,16). The van der Waals surface area contributed by atoms with Crippen LogP contribution in [0.3, 0.4) is 0 Å². The van der Waals surface area contributed by atoms with Crippen LogP contribution >= 0.6 is 11.3 Å². The summed E-state index contributed by atoms with van der Waals surface area (Å²) >= 11 is 1.42. The third-order valence-corrected chi connectivity index (χ3v) is 3.58. The van der Waals surface area contributed by atoms with Gasteiger partial charge in [0.05, 0.1) is 6.10 Å². The van der Waals surface area contributed by atoms with Gasteiger partial charge in [0.2, 0.25) is 5.91 Å². The molecule has 1 aromatic heterocycles. The van der Waals surface area contributed by atoms with Gasteiger partial charge in [-0.3, -0.25) is 4.79 Å². The normalized spacial score (nSPS) is 18.2. The molecule has 1 aliphatic heterocycles. The summed E-state index contributed by atoms with van der Waals surface area (Å²) in [6.45, 7) is 2.52. The Bertz CT molecular complexity index is 348. The van der Waals surface area contributed by atoms with Crippen LogP contribution < -0.4 is 5.32 Å². The fourth-order valence-electron chi connectivity index (χ4n) is 1.87. The van der Waals surface area contributed by atoms with Gasteiger partial charge in [0.1, 0.15) is 0 Å². The lowest BCUT2D eigenvalue weighted by atomic mass is 10.1. The van der Waals surface area contributed by atoms with Crippen LogP contribution in [0.25, 0.3) is 0 Å². The molecule has 17 heavy (non-hydrogen) atoms. The summed E-state index contributed by atoms with van der Waals surface area (Å²) in [6.07, 6.45) is 3.62. The number of hydrogen-bond acceptors (Lipinski definition) is 5. The van der Waals surface area contributed by atoms with Crippen molar-refractivity contribution >= 4 is 22.4 Å². The van der Waals surface area contributed by atoms with Crippen molar-refractivity contribution in [1.82, 2.24) is 9.88 Å². The van der Waals surface area contributed by atoms with Crippen molar-refractivity contribution in [3.8, 4) is 0 Å². The van der Waals surface area contributed by atoms with Gasteiger partial charge in [0.15, 0.2) is 5.13 Å². The minimum absolute atomic E-state index is 0.00562. The molecule has 6 heteroatoms. The van der Waals surface area contributed by atoms with Crippen LogP contribution in [0.5, 0.6) is 0 Å². The number of anilines is 1. The number of carbonyl (C=O) groups excluding carboxylic acids is 1. The zero-order valence-corrected chi connectivity index (χ0v) is 10.4. The predicted octanol–water partition coefficient (Wildman–Crippen LogP) is 0.928. The molecule has 2 heterocycles. The summed E-state index contributed by atoms with van der Waals surface area (Å²) in [5.41, 5.74) is 0. The van der Waals surface area contributed by atoms with Crippen molar-refractivity contribution in [1.29, 1.82) is 0 Å². The molecule has 0 bridgehead atoms. The van der Waals surface area contributed by atoms with E-state index in [9.17, 15) is 9.90 Å². The van der Waals surface area contributed by atoms with Crippen molar-refractivity contribution in [3.05, 3.63) is 11.6 Å². The molecule has 1 aromatic rings. The van der Waals surface area contributed by atoms with Crippen LogP contribution in [0.4, 0.5) is 5.13 Å². The van der Waals surface area contributed by atoms with E-state index in [1.54, 1.807) is 6.20 Å². The Morgan fingerprint density at radius 3 is 3.00 bits per heavy atom. The number of aliphatic hydroxyl groups excluding tert-OH is 1. The highest BCUT2D eigenvalue weighted by Gasteiger charge is 2.17. The number of hydrogen-bond donors (Lipinski definition) is 2. The number of nitrogens with one attached hydrogen (secondary N) is 1. The lowest BCUT2D eigenvalue weighted by molar-refractivity contribution is -0.116. The van der Waals surface area contributed by atoms with Gasteiger partial charge >= 0.3 is 0 Å². The maximum absolute atomic E-state index is 11.6. The van der Waals surface area contributed by atoms with Gasteiger partial charge in [-0.2, -0.15) is 0 Å². The highest BCUT2D eigenvalue weighted by molar-refractivity contribution is 7.13. The minimum Gasteiger partial charge on any atom is -0.393 e. The molecular formula is C11H17N3O2S. The second kappa shape index (κ2) is 6.09. The monoisotopic (exact) mass is 255 g/mol. The molecule has 2 rings (SSSR count). The quantitative estimate of drug-likeness (QED) is 0.840. The molecule has 2 N–H and O–H groups in total. The van der Waals surface area contributed by atoms with Gasteiger partial charge < -0.3 is 15.3 Å². The average molecular weight is 255 g/mol. The van der Waals surface area contributed by atoms with E-state index in [2.05, 4.69) is 15.2 Å². The summed E-state index contributed by atoms with van der Waals surface area (Å²) in [5.74, 6) is 0.00562. The van der Waals surface area contributed by atoms with E-state index in [4.69, 9.17) is 0 Å². The third-order valence-electron chi connectivity index (χ3n) is 2.89. The Morgan fingerprint density at radius 2 is 2.35 bits per heavy atom. The van der Waals surface area contributed by atoms with Crippen LogP contribution in [0.2, 0.25) is 0 Å². The number of amides is 1. The fraction of sp³-hybridized carbons (Fsp3) is 0.636. The zero-order chi connectivity index (χ0) is 12.1. The maximum atomic E-state index is 11.6. The molecular weight excluding hydrogens is 238 g/mol. The summed E-state index contributed by atoms with van der Waals surface area (Å²) < 4.78 is 0. The molecule has 1 fully saturated rings. The zero-order valence-electron chi connectivity index (χ0n) is 9.63. The van der Waals surface area contributed by atoms with Gasteiger partial charge in [-0.25, -0.2) is 4.98 Å². The van der Waals surface area contributed by atoms with E-state index < -0.39 is 0 Å². The van der Waals surface area contributed by atoms with Crippen LogP contribution in [-0.2, 0) is 4.79 Å². The first-order chi connectivity index (χ1) is 8.24. The van der Waals surface area contributed by atoms with E-state index in [0.717, 1.165) is 32.5 Å². The molecule has 0 radical (unpaired) electrons. The molecule has 0 aromatic carbocycles. The van der Waals surface area contributed by atoms with Gasteiger partial charge in [-0.05, 0) is 12.8 Å². The molecule has 5 nitrogen and oxygen atoms in total. The molecule has 94 valence electrons. The van der Waals surface area contributed by atoms with Gasteiger partial charge in [-0.1, -0.05) is 0 Å². The molecule has 0 unspecified atom stereocenters. The van der Waals surface area contributed by atoms with E-state index in [1.165, 1.54) is 11.3 Å². The Labute approximate surface area is 104 Å². The summed E-state index contributed by atoms with van der Waals surface area (Å²) in [7, 11) is 0. The smallest absolute Gasteiger partial charge is 0.227 e. The van der Waals surface area contributed by atoms with Crippen LogP contribution in [0, 0.1) is 0 Å². The van der Waals surface area contributed by atoms with E-state index in [-0.39, 0.29) is 12.0 Å². The highest BCUT2D eigenvalue weighted by Crippen LogP contribution is 2.12. The number of likely N-dealkylation sites (tertiary alicyclic amines) is 1. The summed E-state index contributed by atoms with van der Waals surface area (Å²) in [6, 6.07) is 0. The number of aliphatic hydroxyl groups is 1. The lowest BCUT2D eigenvalue weighted by Crippen LogP contribution is -2.37. The summed E-state index contributed by atoms with van der Waals surface area (Å²) in [4.78, 5) is 17.8. The van der Waals surface area contributed by atoms with E-state index >= 15 is 0 Å². The third kappa shape index (κ3) is 4.07. The van der Waals surface area contributed by atoms with E-state index in [1.807, 2.05) is 5.38 Å². The fourth-order valence-corrected chi connectivity index (χ4v) is 2.41. The van der Waals surface area contributed by atoms with Crippen LogP contribution in [-0.4, -0.2) is 46.6 Å². The molecule has 0 saturated carbocycles. The average Bonchev–Trinajstić information content (AvgIpc) is 2.81. The number of nitrogens with zero attached hydrogens (tertiary/aromatic N) is 2. The Kier molecular flexibility index (Phi) is 4.47. The van der Waals surface area contributed by atoms with Crippen LogP contribution in [0.1, 0.15) is 19.3 Å². The lowest BCUT2D eigenvalue weighted by Gasteiger charge is -2.29. The van der Waals surface area contributed by atoms with Gasteiger partial charge in [0, 0.05) is 37.6 Å². The van der Waals surface area contributed by atoms with Gasteiger partial charge in [-0.15, -0.1) is 11.3 Å². The van der Waals surface area contributed by atoms with Crippen molar-refractivity contribution < 1.29 is 9.90 Å². The van der Waals surface area contributed by atoms with Crippen molar-refractivity contribution in [2.45, 2.75) is 25.4 Å². The number of rotatable bonds is 4. The predicted molar refractivity (Wildman–Crippen MR) is 67.0 cm³/mol. The molecule has 0 spiro atoms. The molecule has 1 saturated heterocycles. The summed E-state index contributed by atoms with van der Waals surface area (Å²) in [5, 5.41) is 14.6. The Hall–Kier alpha value is -0.980. The molecule has 0 atom stereocenters. The van der Waals surface area contributed by atoms with Crippen molar-refractivity contribution in [3.63, 3.8) is 0 Å². The minimum atomic E-state index is -0.157. The molecule has 0 aliphatic carbocycles. The topological polar surface area (TPSA) is 65.5 Å². The number of aromatic nitrogens is 1. The number of carbonyl (C=O) groups is 1.